The molecule has 1 aromatic heterocycles. The first-order chi connectivity index (χ1) is 6.03. The normalized spacial score (nSPS) is 11.9. The third kappa shape index (κ3) is 1.73. The molecule has 0 aromatic carbocycles. The third-order valence-corrected chi connectivity index (χ3v) is 3.31. The topological polar surface area (TPSA) is 64.0 Å². The van der Waals surface area contributed by atoms with Crippen molar-refractivity contribution in [2.45, 2.75) is 20.3 Å². The van der Waals surface area contributed by atoms with Gasteiger partial charge in [-0.05, 0) is 13.3 Å². The van der Waals surface area contributed by atoms with Crippen molar-refractivity contribution in [2.24, 2.45) is 0 Å². The van der Waals surface area contributed by atoms with Crippen molar-refractivity contribution in [2.75, 3.05) is 7.05 Å². The van der Waals surface area contributed by atoms with Crippen LogP contribution in [0.15, 0.2) is 6.20 Å². The van der Waals surface area contributed by atoms with Gasteiger partial charge in [-0.1, -0.05) is 6.92 Å². The molecule has 0 bridgehead atoms. The van der Waals surface area contributed by atoms with Gasteiger partial charge in [0.25, 0.3) is 0 Å². The van der Waals surface area contributed by atoms with E-state index in [2.05, 4.69) is 9.71 Å². The molecule has 0 fully saturated rings. The first-order valence-corrected chi connectivity index (χ1v) is 5.44. The van der Waals surface area contributed by atoms with Crippen molar-refractivity contribution in [1.82, 2.24) is 13.7 Å². The summed E-state index contributed by atoms with van der Waals surface area (Å²) in [4.78, 5) is 3.95. The Morgan fingerprint density at radius 3 is 2.69 bits per heavy atom. The minimum Gasteiger partial charge on any atom is -0.241 e. The summed E-state index contributed by atoms with van der Waals surface area (Å²) in [6.07, 6.45) is 2.21. The quantitative estimate of drug-likeness (QED) is 0.756. The van der Waals surface area contributed by atoms with Crippen LogP contribution >= 0.6 is 0 Å². The molecule has 13 heavy (non-hydrogen) atoms. The van der Waals surface area contributed by atoms with E-state index < -0.39 is 10.2 Å². The fourth-order valence-corrected chi connectivity index (χ4v) is 2.20. The van der Waals surface area contributed by atoms with Crippen LogP contribution in [-0.4, -0.2) is 24.4 Å². The van der Waals surface area contributed by atoms with Gasteiger partial charge >= 0.3 is 10.2 Å². The van der Waals surface area contributed by atoms with Gasteiger partial charge in [-0.2, -0.15) is 8.42 Å². The molecule has 1 aromatic rings. The van der Waals surface area contributed by atoms with Crippen molar-refractivity contribution in [3.8, 4) is 0 Å². The zero-order valence-electron chi connectivity index (χ0n) is 7.90. The van der Waals surface area contributed by atoms with Crippen LogP contribution in [0.5, 0.6) is 0 Å². The van der Waals surface area contributed by atoms with Gasteiger partial charge in [-0.15, -0.1) is 0 Å². The summed E-state index contributed by atoms with van der Waals surface area (Å²) in [5, 5.41) is 0. The molecule has 0 aliphatic heterocycles. The summed E-state index contributed by atoms with van der Waals surface area (Å²) in [5.74, 6) is 0.478. The first-order valence-electron chi connectivity index (χ1n) is 4.00. The Morgan fingerprint density at radius 2 is 2.23 bits per heavy atom. The smallest absolute Gasteiger partial charge is 0.241 e. The van der Waals surface area contributed by atoms with Crippen LogP contribution in [0.4, 0.5) is 0 Å². The van der Waals surface area contributed by atoms with E-state index in [4.69, 9.17) is 0 Å². The van der Waals surface area contributed by atoms with Gasteiger partial charge in [0.05, 0.1) is 5.69 Å². The van der Waals surface area contributed by atoms with E-state index in [1.807, 2.05) is 6.92 Å². The summed E-state index contributed by atoms with van der Waals surface area (Å²) in [6.45, 7) is 3.55. The van der Waals surface area contributed by atoms with Gasteiger partial charge in [-0.3, -0.25) is 0 Å². The summed E-state index contributed by atoms with van der Waals surface area (Å²) in [5.41, 5.74) is 0.687. The molecule has 0 radical (unpaired) electrons. The van der Waals surface area contributed by atoms with Crippen LogP contribution in [0.2, 0.25) is 0 Å². The molecule has 0 saturated carbocycles. The molecule has 0 amide bonds. The molecule has 0 atom stereocenters. The highest BCUT2D eigenvalue weighted by molar-refractivity contribution is 7.88. The van der Waals surface area contributed by atoms with E-state index in [0.29, 0.717) is 17.9 Å². The Labute approximate surface area is 78.0 Å². The van der Waals surface area contributed by atoms with Gasteiger partial charge in [0, 0.05) is 13.2 Å². The van der Waals surface area contributed by atoms with Crippen molar-refractivity contribution in [3.63, 3.8) is 0 Å². The second-order valence-corrected chi connectivity index (χ2v) is 4.35. The van der Waals surface area contributed by atoms with Crippen molar-refractivity contribution in [1.29, 1.82) is 0 Å². The van der Waals surface area contributed by atoms with Gasteiger partial charge in [0.15, 0.2) is 0 Å². The number of rotatable bonds is 3. The maximum Gasteiger partial charge on any atom is 0.306 e. The molecular formula is C7H13N3O2S. The monoisotopic (exact) mass is 203 g/mol. The molecule has 0 unspecified atom stereocenters. The van der Waals surface area contributed by atoms with Gasteiger partial charge < -0.3 is 0 Å². The Kier molecular flexibility index (Phi) is 2.72. The predicted molar refractivity (Wildman–Crippen MR) is 49.7 cm³/mol. The molecule has 1 N–H and O–H groups in total. The second-order valence-electron chi connectivity index (χ2n) is 2.62. The van der Waals surface area contributed by atoms with E-state index in [-0.39, 0.29) is 0 Å². The van der Waals surface area contributed by atoms with Crippen LogP contribution in [0.3, 0.4) is 0 Å². The standard InChI is InChI=1S/C7H13N3O2S/c1-4-7-5-9-6(2)10(7)13(11,12)8-3/h5,8H,4H2,1-3H3. The molecule has 0 spiro atoms. The minimum absolute atomic E-state index is 0.478. The highest BCUT2D eigenvalue weighted by Gasteiger charge is 2.16. The number of imidazole rings is 1. The number of aromatic nitrogens is 2. The number of hydrogen-bond donors (Lipinski definition) is 1. The maximum atomic E-state index is 11.5. The highest BCUT2D eigenvalue weighted by Crippen LogP contribution is 2.07. The highest BCUT2D eigenvalue weighted by atomic mass is 32.2. The fraction of sp³-hybridized carbons (Fsp3) is 0.571. The van der Waals surface area contributed by atoms with E-state index in [1.54, 1.807) is 13.1 Å². The van der Waals surface area contributed by atoms with Crippen LogP contribution in [0.1, 0.15) is 18.4 Å². The summed E-state index contributed by atoms with van der Waals surface area (Å²) in [7, 11) is -2.04. The molecule has 6 heteroatoms. The van der Waals surface area contributed by atoms with Crippen LogP contribution in [-0.2, 0) is 16.6 Å². The zero-order valence-corrected chi connectivity index (χ0v) is 8.72. The first kappa shape index (κ1) is 10.2. The minimum atomic E-state index is -3.42. The Hall–Kier alpha value is -0.880. The Morgan fingerprint density at radius 1 is 1.62 bits per heavy atom. The van der Waals surface area contributed by atoms with E-state index >= 15 is 0 Å². The van der Waals surface area contributed by atoms with Gasteiger partial charge in [0.1, 0.15) is 5.82 Å². The zero-order chi connectivity index (χ0) is 10.1. The van der Waals surface area contributed by atoms with Crippen LogP contribution < -0.4 is 4.72 Å². The Balaban J connectivity index is 3.35. The number of aryl methyl sites for hydroxylation is 2. The van der Waals surface area contributed by atoms with Crippen molar-refractivity contribution < 1.29 is 8.42 Å². The molecule has 1 rings (SSSR count). The molecule has 0 aliphatic carbocycles. The number of nitrogens with zero attached hydrogens (tertiary/aromatic N) is 2. The number of nitrogens with one attached hydrogen (secondary N) is 1. The van der Waals surface area contributed by atoms with E-state index in [1.165, 1.54) is 11.0 Å². The predicted octanol–water partition coefficient (Wildman–Crippen LogP) is 0.0662. The third-order valence-electron chi connectivity index (χ3n) is 1.82. The maximum absolute atomic E-state index is 11.5. The molecule has 0 aliphatic rings. The average Bonchev–Trinajstić information content (AvgIpc) is 2.47. The second kappa shape index (κ2) is 3.47. The van der Waals surface area contributed by atoms with Crippen molar-refractivity contribution in [3.05, 3.63) is 17.7 Å². The average molecular weight is 203 g/mol. The molecule has 1 heterocycles. The lowest BCUT2D eigenvalue weighted by molar-refractivity contribution is 0.575. The van der Waals surface area contributed by atoms with E-state index in [9.17, 15) is 8.42 Å². The fourth-order valence-electron chi connectivity index (χ4n) is 1.14. The lowest BCUT2D eigenvalue weighted by Gasteiger charge is -2.08. The lowest BCUT2D eigenvalue weighted by atomic mass is 10.4. The summed E-state index contributed by atoms with van der Waals surface area (Å²) in [6, 6.07) is 0. The lowest BCUT2D eigenvalue weighted by Crippen LogP contribution is -2.28. The summed E-state index contributed by atoms with van der Waals surface area (Å²) < 4.78 is 26.4. The van der Waals surface area contributed by atoms with E-state index in [0.717, 1.165) is 0 Å². The summed E-state index contributed by atoms with van der Waals surface area (Å²) >= 11 is 0. The number of hydrogen-bond acceptors (Lipinski definition) is 3. The molecule has 0 saturated heterocycles. The molecule has 74 valence electrons. The van der Waals surface area contributed by atoms with Crippen molar-refractivity contribution >= 4 is 10.2 Å². The van der Waals surface area contributed by atoms with Crippen LogP contribution in [0.25, 0.3) is 0 Å². The van der Waals surface area contributed by atoms with Crippen LogP contribution in [0, 0.1) is 6.92 Å². The van der Waals surface area contributed by atoms with Gasteiger partial charge in [-0.25, -0.2) is 13.7 Å². The molecular weight excluding hydrogens is 190 g/mol. The largest absolute Gasteiger partial charge is 0.306 e. The Bertz CT molecular complexity index is 394. The SMILES string of the molecule is CCc1cnc(C)n1S(=O)(=O)NC. The molecule has 5 nitrogen and oxygen atoms in total. The van der Waals surface area contributed by atoms with Gasteiger partial charge in [0.2, 0.25) is 0 Å².